The number of benzene rings is 2. The van der Waals surface area contributed by atoms with Gasteiger partial charge in [-0.1, -0.05) is 43.2 Å². The van der Waals surface area contributed by atoms with E-state index in [1.54, 1.807) is 11.3 Å². The summed E-state index contributed by atoms with van der Waals surface area (Å²) in [5.74, 6) is 0.649. The van der Waals surface area contributed by atoms with Gasteiger partial charge in [-0.05, 0) is 42.7 Å². The number of carbonyl (C=O) groups excluding carboxylic acids is 1. The van der Waals surface area contributed by atoms with Gasteiger partial charge in [0.05, 0.1) is 9.88 Å². The third-order valence-corrected chi connectivity index (χ3v) is 5.90. The summed E-state index contributed by atoms with van der Waals surface area (Å²) in [6.45, 7) is 0. The molecule has 4 rings (SSSR count). The molecule has 0 bridgehead atoms. The van der Waals surface area contributed by atoms with Crippen LogP contribution in [0.2, 0.25) is 0 Å². The first kappa shape index (κ1) is 16.8. The molecule has 0 atom stereocenters. The number of aromatic nitrogens is 1. The number of hydrogen-bond acceptors (Lipinski definition) is 3. The van der Waals surface area contributed by atoms with E-state index in [1.807, 2.05) is 60.8 Å². The number of nitrogens with zero attached hydrogens (tertiary/aromatic N) is 1. The molecule has 5 heteroatoms. The minimum Gasteiger partial charge on any atom is -0.308 e. The molecule has 4 nitrogen and oxygen atoms in total. The van der Waals surface area contributed by atoms with Crippen molar-refractivity contribution in [2.75, 3.05) is 10.6 Å². The van der Waals surface area contributed by atoms with Crippen molar-refractivity contribution in [2.24, 2.45) is 0 Å². The molecule has 1 aliphatic carbocycles. The van der Waals surface area contributed by atoms with Gasteiger partial charge < -0.3 is 10.6 Å². The zero-order chi connectivity index (χ0) is 17.8. The fourth-order valence-corrected chi connectivity index (χ4v) is 4.41. The van der Waals surface area contributed by atoms with E-state index in [2.05, 4.69) is 15.6 Å². The Labute approximate surface area is 157 Å². The first-order chi connectivity index (χ1) is 12.8. The molecule has 0 radical (unpaired) electrons. The fraction of sp³-hybridized carbons (Fsp3) is 0.238. The highest BCUT2D eigenvalue weighted by Crippen LogP contribution is 2.38. The van der Waals surface area contributed by atoms with Crippen molar-refractivity contribution >= 4 is 28.7 Å². The number of thiazole rings is 1. The molecule has 2 aromatic carbocycles. The Morgan fingerprint density at radius 3 is 2.27 bits per heavy atom. The van der Waals surface area contributed by atoms with E-state index in [1.165, 1.54) is 35.6 Å². The second kappa shape index (κ2) is 7.70. The number of amides is 2. The summed E-state index contributed by atoms with van der Waals surface area (Å²) in [5.41, 5.74) is 2.68. The predicted octanol–water partition coefficient (Wildman–Crippen LogP) is 6.11. The Hall–Kier alpha value is -2.66. The van der Waals surface area contributed by atoms with E-state index in [-0.39, 0.29) is 6.03 Å². The number of hydrogen-bond donors (Lipinski definition) is 2. The summed E-state index contributed by atoms with van der Waals surface area (Å²) in [5, 5.41) is 6.94. The second-order valence-electron chi connectivity index (χ2n) is 6.57. The van der Waals surface area contributed by atoms with Crippen molar-refractivity contribution in [2.45, 2.75) is 31.6 Å². The Kier molecular flexibility index (Phi) is 4.97. The van der Waals surface area contributed by atoms with E-state index in [4.69, 9.17) is 0 Å². The molecule has 1 heterocycles. The third-order valence-electron chi connectivity index (χ3n) is 4.69. The highest BCUT2D eigenvalue weighted by Gasteiger charge is 2.20. The number of anilines is 2. The lowest BCUT2D eigenvalue weighted by Gasteiger charge is -2.08. The van der Waals surface area contributed by atoms with Crippen molar-refractivity contribution in [3.63, 3.8) is 0 Å². The van der Waals surface area contributed by atoms with Gasteiger partial charge in [-0.15, -0.1) is 11.3 Å². The minimum absolute atomic E-state index is 0.245. The van der Waals surface area contributed by atoms with Gasteiger partial charge in [0.2, 0.25) is 0 Å². The van der Waals surface area contributed by atoms with Crippen LogP contribution in [-0.4, -0.2) is 11.0 Å². The molecule has 1 aliphatic rings. The van der Waals surface area contributed by atoms with Crippen LogP contribution in [0, 0.1) is 0 Å². The van der Waals surface area contributed by atoms with Gasteiger partial charge in [0.15, 0.2) is 0 Å². The Morgan fingerprint density at radius 2 is 1.58 bits per heavy atom. The molecule has 1 saturated carbocycles. The molecule has 132 valence electrons. The van der Waals surface area contributed by atoms with Crippen molar-refractivity contribution in [1.82, 2.24) is 4.98 Å². The molecule has 3 aromatic rings. The van der Waals surface area contributed by atoms with Gasteiger partial charge in [0, 0.05) is 23.5 Å². The van der Waals surface area contributed by atoms with E-state index < -0.39 is 0 Å². The molecule has 26 heavy (non-hydrogen) atoms. The maximum Gasteiger partial charge on any atom is 0.323 e. The minimum atomic E-state index is -0.245. The van der Waals surface area contributed by atoms with Gasteiger partial charge in [-0.25, -0.2) is 9.78 Å². The van der Waals surface area contributed by atoms with Gasteiger partial charge in [-0.2, -0.15) is 0 Å². The molecule has 1 fully saturated rings. The zero-order valence-electron chi connectivity index (χ0n) is 14.4. The van der Waals surface area contributed by atoms with Crippen LogP contribution < -0.4 is 10.6 Å². The lowest BCUT2D eigenvalue weighted by Crippen LogP contribution is -2.19. The van der Waals surface area contributed by atoms with Gasteiger partial charge in [-0.3, -0.25) is 0 Å². The standard InChI is InChI=1S/C21H21N3OS/c25-21(23-17-8-2-1-3-9-17)24-18-12-10-15(11-13-18)19-14-22-20(26-19)16-6-4-5-7-16/h1-3,8-14,16H,4-7H2,(H2,23,24,25). The molecule has 0 aliphatic heterocycles. The number of carbonyl (C=O) groups is 1. The lowest BCUT2D eigenvalue weighted by atomic mass is 10.1. The van der Waals surface area contributed by atoms with Crippen molar-refractivity contribution in [3.05, 3.63) is 65.8 Å². The largest absolute Gasteiger partial charge is 0.323 e. The summed E-state index contributed by atoms with van der Waals surface area (Å²) in [4.78, 5) is 17.9. The van der Waals surface area contributed by atoms with Crippen LogP contribution in [0.25, 0.3) is 10.4 Å². The first-order valence-electron chi connectivity index (χ1n) is 8.97. The summed E-state index contributed by atoms with van der Waals surface area (Å²) >= 11 is 1.79. The van der Waals surface area contributed by atoms with Crippen LogP contribution in [0.15, 0.2) is 60.8 Å². The van der Waals surface area contributed by atoms with Crippen LogP contribution in [0.5, 0.6) is 0 Å². The summed E-state index contributed by atoms with van der Waals surface area (Å²) in [6, 6.07) is 17.1. The summed E-state index contributed by atoms with van der Waals surface area (Å²) < 4.78 is 0. The quantitative estimate of drug-likeness (QED) is 0.587. The van der Waals surface area contributed by atoms with Crippen molar-refractivity contribution in [1.29, 1.82) is 0 Å². The van der Waals surface area contributed by atoms with Crippen LogP contribution in [0.3, 0.4) is 0 Å². The van der Waals surface area contributed by atoms with Gasteiger partial charge in [0.25, 0.3) is 0 Å². The second-order valence-corrected chi connectivity index (χ2v) is 7.63. The van der Waals surface area contributed by atoms with Crippen molar-refractivity contribution in [3.8, 4) is 10.4 Å². The maximum atomic E-state index is 12.1. The number of rotatable bonds is 4. The summed E-state index contributed by atoms with van der Waals surface area (Å²) in [6.07, 6.45) is 7.16. The maximum absolute atomic E-state index is 12.1. The lowest BCUT2D eigenvalue weighted by molar-refractivity contribution is 0.262. The highest BCUT2D eigenvalue weighted by molar-refractivity contribution is 7.15. The number of nitrogens with one attached hydrogen (secondary N) is 2. The monoisotopic (exact) mass is 363 g/mol. The molecule has 2 N–H and O–H groups in total. The average molecular weight is 363 g/mol. The first-order valence-corrected chi connectivity index (χ1v) is 9.79. The Balaban J connectivity index is 1.39. The third kappa shape index (κ3) is 3.94. The van der Waals surface area contributed by atoms with Crippen LogP contribution in [0.4, 0.5) is 16.2 Å². The molecule has 0 spiro atoms. The van der Waals surface area contributed by atoms with Crippen molar-refractivity contribution < 1.29 is 4.79 Å². The molecular formula is C21H21N3OS. The average Bonchev–Trinajstić information content (AvgIpc) is 3.35. The smallest absolute Gasteiger partial charge is 0.308 e. The SMILES string of the molecule is O=C(Nc1ccccc1)Nc1ccc(-c2cnc(C3CCCC3)s2)cc1. The van der Waals surface area contributed by atoms with E-state index >= 15 is 0 Å². The summed E-state index contributed by atoms with van der Waals surface area (Å²) in [7, 11) is 0. The molecule has 2 amide bonds. The number of para-hydroxylation sites is 1. The van der Waals surface area contributed by atoms with E-state index in [0.717, 1.165) is 16.9 Å². The highest BCUT2D eigenvalue weighted by atomic mass is 32.1. The topological polar surface area (TPSA) is 54.0 Å². The van der Waals surface area contributed by atoms with Crippen LogP contribution >= 0.6 is 11.3 Å². The Bertz CT molecular complexity index is 868. The predicted molar refractivity (Wildman–Crippen MR) is 108 cm³/mol. The normalized spacial score (nSPS) is 14.3. The molecular weight excluding hydrogens is 342 g/mol. The van der Waals surface area contributed by atoms with Gasteiger partial charge >= 0.3 is 6.03 Å². The molecule has 1 aromatic heterocycles. The van der Waals surface area contributed by atoms with E-state index in [0.29, 0.717) is 5.92 Å². The van der Waals surface area contributed by atoms with E-state index in [9.17, 15) is 4.79 Å². The molecule has 0 unspecified atom stereocenters. The molecule has 0 saturated heterocycles. The number of urea groups is 1. The zero-order valence-corrected chi connectivity index (χ0v) is 15.3. The van der Waals surface area contributed by atoms with Crippen LogP contribution in [0.1, 0.15) is 36.6 Å². The fourth-order valence-electron chi connectivity index (χ4n) is 3.32. The van der Waals surface area contributed by atoms with Crippen LogP contribution in [-0.2, 0) is 0 Å². The Morgan fingerprint density at radius 1 is 0.923 bits per heavy atom. The van der Waals surface area contributed by atoms with Gasteiger partial charge in [0.1, 0.15) is 0 Å².